The number of hydrogen-bond acceptors (Lipinski definition) is 7. The first-order valence-electron chi connectivity index (χ1n) is 8.24. The normalized spacial score (nSPS) is 14.1. The van der Waals surface area contributed by atoms with Crippen LogP contribution in [0.4, 0.5) is 10.8 Å². The molecule has 7 nitrogen and oxygen atoms in total. The maximum atomic E-state index is 12.7. The van der Waals surface area contributed by atoms with Crippen molar-refractivity contribution >= 4 is 49.4 Å². The summed E-state index contributed by atoms with van der Waals surface area (Å²) in [5, 5.41) is 13.6. The molecular formula is C17H16N4O3S3. The van der Waals surface area contributed by atoms with Gasteiger partial charge in [0.1, 0.15) is 14.8 Å². The highest BCUT2D eigenvalue weighted by molar-refractivity contribution is 7.93. The average molecular weight is 421 g/mol. The molecule has 4 rings (SSSR count). The van der Waals surface area contributed by atoms with Crippen LogP contribution in [-0.2, 0) is 10.0 Å². The minimum absolute atomic E-state index is 0.0579. The van der Waals surface area contributed by atoms with Crippen molar-refractivity contribution in [2.75, 3.05) is 10.0 Å². The molecule has 0 saturated heterocycles. The number of benzene rings is 1. The summed E-state index contributed by atoms with van der Waals surface area (Å²) in [6.45, 7) is 1.92. The van der Waals surface area contributed by atoms with Crippen LogP contribution in [0, 0.1) is 6.92 Å². The van der Waals surface area contributed by atoms with Crippen LogP contribution in [0.1, 0.15) is 39.0 Å². The number of nitrogens with one attached hydrogen (secondary N) is 2. The number of sulfonamides is 1. The molecule has 1 saturated carbocycles. The van der Waals surface area contributed by atoms with E-state index in [-0.39, 0.29) is 9.77 Å². The fourth-order valence-corrected chi connectivity index (χ4v) is 5.73. The van der Waals surface area contributed by atoms with Gasteiger partial charge < -0.3 is 0 Å². The minimum atomic E-state index is -3.88. The molecule has 0 bridgehead atoms. The monoisotopic (exact) mass is 420 g/mol. The first-order chi connectivity index (χ1) is 12.9. The van der Waals surface area contributed by atoms with E-state index in [1.807, 2.05) is 19.1 Å². The molecule has 1 amide bonds. The summed E-state index contributed by atoms with van der Waals surface area (Å²) >= 11 is 2.40. The van der Waals surface area contributed by atoms with Crippen molar-refractivity contribution < 1.29 is 13.2 Å². The summed E-state index contributed by atoms with van der Waals surface area (Å²) in [5.41, 5.74) is 1.47. The molecule has 27 heavy (non-hydrogen) atoms. The highest BCUT2D eigenvalue weighted by Gasteiger charge is 2.29. The third-order valence-electron chi connectivity index (χ3n) is 4.02. The van der Waals surface area contributed by atoms with Gasteiger partial charge in [-0.1, -0.05) is 29.0 Å². The second kappa shape index (κ2) is 7.02. The fourth-order valence-electron chi connectivity index (χ4n) is 2.44. The van der Waals surface area contributed by atoms with E-state index in [0.29, 0.717) is 16.7 Å². The Morgan fingerprint density at radius 2 is 1.89 bits per heavy atom. The lowest BCUT2D eigenvalue weighted by molar-refractivity contribution is 0.102. The van der Waals surface area contributed by atoms with E-state index in [4.69, 9.17) is 0 Å². The number of carbonyl (C=O) groups excluding carboxylic acids is 1. The van der Waals surface area contributed by atoms with Gasteiger partial charge in [-0.3, -0.25) is 14.8 Å². The Balaban J connectivity index is 1.53. The Morgan fingerprint density at radius 1 is 1.15 bits per heavy atom. The van der Waals surface area contributed by atoms with Crippen LogP contribution in [0.3, 0.4) is 0 Å². The third kappa shape index (κ3) is 4.02. The number of anilines is 2. The van der Waals surface area contributed by atoms with Crippen molar-refractivity contribution in [1.82, 2.24) is 10.2 Å². The predicted molar refractivity (Wildman–Crippen MR) is 106 cm³/mol. The highest BCUT2D eigenvalue weighted by atomic mass is 32.2. The molecule has 0 spiro atoms. The van der Waals surface area contributed by atoms with Crippen LogP contribution in [-0.4, -0.2) is 24.5 Å². The van der Waals surface area contributed by atoms with E-state index in [0.717, 1.165) is 34.7 Å². The zero-order valence-electron chi connectivity index (χ0n) is 14.3. The van der Waals surface area contributed by atoms with Crippen molar-refractivity contribution in [2.24, 2.45) is 0 Å². The highest BCUT2D eigenvalue weighted by Crippen LogP contribution is 2.42. The molecule has 0 radical (unpaired) electrons. The van der Waals surface area contributed by atoms with Gasteiger partial charge in [-0.25, -0.2) is 8.42 Å². The van der Waals surface area contributed by atoms with E-state index in [1.165, 1.54) is 17.4 Å². The Hall–Kier alpha value is -2.30. The van der Waals surface area contributed by atoms with Crippen molar-refractivity contribution in [3.63, 3.8) is 0 Å². The van der Waals surface area contributed by atoms with Crippen molar-refractivity contribution in [3.05, 3.63) is 51.2 Å². The Bertz CT molecular complexity index is 1080. The summed E-state index contributed by atoms with van der Waals surface area (Å²) in [7, 11) is -3.88. The number of amides is 1. The first-order valence-corrected chi connectivity index (χ1v) is 11.4. The van der Waals surface area contributed by atoms with E-state index in [1.54, 1.807) is 17.5 Å². The molecule has 10 heteroatoms. The van der Waals surface area contributed by atoms with Crippen LogP contribution < -0.4 is 10.0 Å². The number of thiophene rings is 1. The summed E-state index contributed by atoms with van der Waals surface area (Å²) in [6.07, 6.45) is 2.20. The summed E-state index contributed by atoms with van der Waals surface area (Å²) < 4.78 is 27.9. The van der Waals surface area contributed by atoms with Gasteiger partial charge in [0.05, 0.1) is 0 Å². The molecule has 2 heterocycles. The van der Waals surface area contributed by atoms with Gasteiger partial charge in [-0.2, -0.15) is 0 Å². The molecule has 140 valence electrons. The number of aromatic nitrogens is 2. The van der Waals surface area contributed by atoms with Crippen LogP contribution in [0.2, 0.25) is 0 Å². The smallest absolute Gasteiger partial charge is 0.268 e. The Morgan fingerprint density at radius 3 is 2.59 bits per heavy atom. The average Bonchev–Trinajstić information content (AvgIpc) is 3.16. The molecule has 1 aromatic carbocycles. The molecule has 2 aromatic heterocycles. The number of rotatable bonds is 6. The molecule has 1 aliphatic rings. The Labute approximate surface area is 164 Å². The molecule has 1 aliphatic carbocycles. The van der Waals surface area contributed by atoms with E-state index >= 15 is 0 Å². The fraction of sp³-hybridized carbons (Fsp3) is 0.235. The van der Waals surface area contributed by atoms with Gasteiger partial charge in [0.25, 0.3) is 15.9 Å². The SMILES string of the molecule is Cc1ccc(NS(=O)(=O)c2ccsc2C(=O)Nc2nnc(C3CC3)s2)cc1. The minimum Gasteiger partial charge on any atom is -0.296 e. The number of carbonyl (C=O) groups is 1. The summed E-state index contributed by atoms with van der Waals surface area (Å²) in [6, 6.07) is 8.41. The third-order valence-corrected chi connectivity index (χ3v) is 7.48. The topological polar surface area (TPSA) is 101 Å². The standard InChI is InChI=1S/C17H16N4O3S3/c1-10-2-6-12(7-3-10)21-27(23,24)13-8-9-25-14(13)15(22)18-17-20-19-16(26-17)11-4-5-11/h2-3,6-9,11,21H,4-5H2,1H3,(H,18,20,22). The second-order valence-corrected chi connectivity index (χ2v) is 9.84. The number of aryl methyl sites for hydroxylation is 1. The summed E-state index contributed by atoms with van der Waals surface area (Å²) in [5.74, 6) is -0.0580. The lowest BCUT2D eigenvalue weighted by Crippen LogP contribution is -2.18. The predicted octanol–water partition coefficient (Wildman–Crippen LogP) is 3.84. The van der Waals surface area contributed by atoms with Crippen molar-refractivity contribution in [1.29, 1.82) is 0 Å². The molecule has 0 unspecified atom stereocenters. The number of hydrogen-bond donors (Lipinski definition) is 2. The molecule has 1 fully saturated rings. The van der Waals surface area contributed by atoms with Gasteiger partial charge in [0.2, 0.25) is 5.13 Å². The van der Waals surface area contributed by atoms with Crippen molar-refractivity contribution in [3.8, 4) is 0 Å². The van der Waals surface area contributed by atoms with Gasteiger partial charge in [-0.15, -0.1) is 21.5 Å². The van der Waals surface area contributed by atoms with Gasteiger partial charge >= 0.3 is 0 Å². The summed E-state index contributed by atoms with van der Waals surface area (Å²) in [4.78, 5) is 12.6. The molecule has 3 aromatic rings. The first kappa shape index (κ1) is 18.1. The van der Waals surface area contributed by atoms with Crippen LogP contribution in [0.5, 0.6) is 0 Å². The van der Waals surface area contributed by atoms with E-state index < -0.39 is 15.9 Å². The van der Waals surface area contributed by atoms with Gasteiger partial charge in [0, 0.05) is 11.6 Å². The molecule has 2 N–H and O–H groups in total. The quantitative estimate of drug-likeness (QED) is 0.631. The van der Waals surface area contributed by atoms with E-state index in [9.17, 15) is 13.2 Å². The zero-order valence-corrected chi connectivity index (χ0v) is 16.7. The molecule has 0 aliphatic heterocycles. The maximum absolute atomic E-state index is 12.7. The van der Waals surface area contributed by atoms with E-state index in [2.05, 4.69) is 20.2 Å². The largest absolute Gasteiger partial charge is 0.296 e. The van der Waals surface area contributed by atoms with Crippen LogP contribution in [0.25, 0.3) is 0 Å². The van der Waals surface area contributed by atoms with Crippen molar-refractivity contribution in [2.45, 2.75) is 30.6 Å². The lowest BCUT2D eigenvalue weighted by Gasteiger charge is -2.09. The zero-order chi connectivity index (χ0) is 19.0. The van der Waals surface area contributed by atoms with Gasteiger partial charge in [-0.05, 0) is 43.3 Å². The van der Waals surface area contributed by atoms with Crippen LogP contribution >= 0.6 is 22.7 Å². The lowest BCUT2D eigenvalue weighted by atomic mass is 10.2. The molecular weight excluding hydrogens is 404 g/mol. The Kier molecular flexibility index (Phi) is 4.70. The second-order valence-electron chi connectivity index (χ2n) is 6.26. The maximum Gasteiger partial charge on any atom is 0.268 e. The number of nitrogens with zero attached hydrogens (tertiary/aromatic N) is 2. The van der Waals surface area contributed by atoms with Gasteiger partial charge in [0.15, 0.2) is 0 Å². The van der Waals surface area contributed by atoms with Crippen LogP contribution in [0.15, 0.2) is 40.6 Å². The molecule has 0 atom stereocenters.